The SMILES string of the molecule is O=C(Cc1csc(NC(=O)c2cccs2)n1)Nc1ccc(Oc2ccc(Cl)cc2)nc1. The number of aromatic nitrogens is 2. The molecular formula is C21H15ClN4O3S2. The maximum atomic E-state index is 12.3. The van der Waals surface area contributed by atoms with Crippen molar-refractivity contribution in [3.63, 3.8) is 0 Å². The number of carbonyl (C=O) groups excluding carboxylic acids is 2. The predicted molar refractivity (Wildman–Crippen MR) is 122 cm³/mol. The number of nitrogens with zero attached hydrogens (tertiary/aromatic N) is 2. The number of hydrogen-bond donors (Lipinski definition) is 2. The van der Waals surface area contributed by atoms with Crippen LogP contribution in [0, 0.1) is 0 Å². The summed E-state index contributed by atoms with van der Waals surface area (Å²) < 4.78 is 5.63. The first-order valence-corrected chi connectivity index (χ1v) is 11.2. The van der Waals surface area contributed by atoms with Crippen LogP contribution in [0.25, 0.3) is 0 Å². The Morgan fingerprint density at radius 2 is 1.87 bits per heavy atom. The molecule has 10 heteroatoms. The molecule has 3 heterocycles. The average molecular weight is 471 g/mol. The smallest absolute Gasteiger partial charge is 0.267 e. The fraction of sp³-hybridized carbons (Fsp3) is 0.0476. The lowest BCUT2D eigenvalue weighted by atomic mass is 10.3. The van der Waals surface area contributed by atoms with Gasteiger partial charge in [-0.05, 0) is 41.8 Å². The molecule has 0 saturated heterocycles. The molecule has 0 fully saturated rings. The molecule has 4 rings (SSSR count). The summed E-state index contributed by atoms with van der Waals surface area (Å²) in [6.07, 6.45) is 1.59. The number of carbonyl (C=O) groups is 2. The Balaban J connectivity index is 1.29. The number of benzene rings is 1. The summed E-state index contributed by atoms with van der Waals surface area (Å²) in [5.74, 6) is 0.548. The summed E-state index contributed by atoms with van der Waals surface area (Å²) in [5, 5.41) is 10.1. The van der Waals surface area contributed by atoms with Crippen LogP contribution in [0.5, 0.6) is 11.6 Å². The second kappa shape index (κ2) is 9.69. The number of pyridine rings is 1. The lowest BCUT2D eigenvalue weighted by Gasteiger charge is -2.07. The summed E-state index contributed by atoms with van der Waals surface area (Å²) in [4.78, 5) is 33.5. The fourth-order valence-corrected chi connectivity index (χ4v) is 3.97. The molecule has 0 aliphatic carbocycles. The van der Waals surface area contributed by atoms with Gasteiger partial charge in [-0.1, -0.05) is 17.7 Å². The van der Waals surface area contributed by atoms with E-state index in [4.69, 9.17) is 16.3 Å². The summed E-state index contributed by atoms with van der Waals surface area (Å²) >= 11 is 8.48. The molecule has 0 unspecified atom stereocenters. The molecule has 0 radical (unpaired) electrons. The zero-order valence-corrected chi connectivity index (χ0v) is 18.3. The van der Waals surface area contributed by atoms with Crippen LogP contribution in [-0.4, -0.2) is 21.8 Å². The number of halogens is 1. The zero-order chi connectivity index (χ0) is 21.6. The first-order valence-electron chi connectivity index (χ1n) is 9.04. The molecule has 2 amide bonds. The number of amides is 2. The molecule has 0 bridgehead atoms. The molecule has 0 atom stereocenters. The summed E-state index contributed by atoms with van der Waals surface area (Å²) in [6, 6.07) is 13.8. The van der Waals surface area contributed by atoms with E-state index in [2.05, 4.69) is 20.6 Å². The van der Waals surface area contributed by atoms with Crippen LogP contribution in [0.15, 0.2) is 65.5 Å². The minimum absolute atomic E-state index is 0.0778. The van der Waals surface area contributed by atoms with E-state index >= 15 is 0 Å². The second-order valence-corrected chi connectivity index (χ2v) is 8.48. The third-order valence-corrected chi connectivity index (χ3v) is 5.84. The molecule has 156 valence electrons. The lowest BCUT2D eigenvalue weighted by molar-refractivity contribution is -0.115. The van der Waals surface area contributed by atoms with E-state index < -0.39 is 0 Å². The monoisotopic (exact) mass is 470 g/mol. The standard InChI is InChI=1S/C21H15ClN4O3S2/c22-13-3-6-16(7-4-13)29-19-8-5-14(11-23-19)24-18(27)10-15-12-31-21(25-15)26-20(28)17-2-1-9-30-17/h1-9,11-12H,10H2,(H,24,27)(H,25,26,28). The number of thiazole rings is 1. The quantitative estimate of drug-likeness (QED) is 0.373. The predicted octanol–water partition coefficient (Wildman–Crippen LogP) is 5.48. The van der Waals surface area contributed by atoms with Gasteiger partial charge in [0.05, 0.1) is 28.9 Å². The highest BCUT2D eigenvalue weighted by Gasteiger charge is 2.12. The highest BCUT2D eigenvalue weighted by molar-refractivity contribution is 7.14. The first kappa shape index (κ1) is 21.0. The number of thiophene rings is 1. The van der Waals surface area contributed by atoms with Crippen molar-refractivity contribution in [3.8, 4) is 11.6 Å². The van der Waals surface area contributed by atoms with E-state index in [1.54, 1.807) is 47.8 Å². The van der Waals surface area contributed by atoms with Crippen molar-refractivity contribution in [2.75, 3.05) is 10.6 Å². The van der Waals surface area contributed by atoms with Crippen LogP contribution in [0.4, 0.5) is 10.8 Å². The normalized spacial score (nSPS) is 10.5. The van der Waals surface area contributed by atoms with Gasteiger partial charge in [0, 0.05) is 16.5 Å². The van der Waals surface area contributed by atoms with Gasteiger partial charge in [0.1, 0.15) is 5.75 Å². The Morgan fingerprint density at radius 3 is 2.58 bits per heavy atom. The van der Waals surface area contributed by atoms with Crippen LogP contribution < -0.4 is 15.4 Å². The summed E-state index contributed by atoms with van der Waals surface area (Å²) in [7, 11) is 0. The molecule has 0 saturated carbocycles. The fourth-order valence-electron chi connectivity index (χ4n) is 2.52. The molecule has 31 heavy (non-hydrogen) atoms. The highest BCUT2D eigenvalue weighted by atomic mass is 35.5. The van der Waals surface area contributed by atoms with Gasteiger partial charge in [0.25, 0.3) is 5.91 Å². The number of ether oxygens (including phenoxy) is 1. The number of nitrogens with one attached hydrogen (secondary N) is 2. The topological polar surface area (TPSA) is 93.2 Å². The molecule has 7 nitrogen and oxygen atoms in total. The van der Waals surface area contributed by atoms with Crippen LogP contribution in [0.1, 0.15) is 15.4 Å². The van der Waals surface area contributed by atoms with Gasteiger partial charge in [-0.3, -0.25) is 14.9 Å². The maximum Gasteiger partial charge on any atom is 0.267 e. The summed E-state index contributed by atoms with van der Waals surface area (Å²) in [6.45, 7) is 0. The van der Waals surface area contributed by atoms with E-state index in [0.29, 0.717) is 38.0 Å². The Morgan fingerprint density at radius 1 is 1.03 bits per heavy atom. The van der Waals surface area contributed by atoms with Crippen LogP contribution in [0.2, 0.25) is 5.02 Å². The molecule has 0 spiro atoms. The Kier molecular flexibility index (Phi) is 6.56. The third-order valence-electron chi connectivity index (χ3n) is 3.92. The van der Waals surface area contributed by atoms with Gasteiger partial charge >= 0.3 is 0 Å². The van der Waals surface area contributed by atoms with E-state index in [1.165, 1.54) is 28.9 Å². The second-order valence-electron chi connectivity index (χ2n) is 6.24. The molecule has 4 aromatic rings. The van der Waals surface area contributed by atoms with Crippen molar-refractivity contribution in [2.45, 2.75) is 6.42 Å². The molecular weight excluding hydrogens is 456 g/mol. The van der Waals surface area contributed by atoms with Crippen molar-refractivity contribution >= 4 is 56.9 Å². The highest BCUT2D eigenvalue weighted by Crippen LogP contribution is 2.23. The van der Waals surface area contributed by atoms with Crippen LogP contribution in [0.3, 0.4) is 0 Å². The number of anilines is 2. The van der Waals surface area contributed by atoms with Crippen molar-refractivity contribution in [1.82, 2.24) is 9.97 Å². The van der Waals surface area contributed by atoms with Crippen molar-refractivity contribution in [2.24, 2.45) is 0 Å². The van der Waals surface area contributed by atoms with Crippen LogP contribution >= 0.6 is 34.3 Å². The van der Waals surface area contributed by atoms with E-state index in [1.807, 2.05) is 11.4 Å². The minimum Gasteiger partial charge on any atom is -0.439 e. The molecule has 3 aromatic heterocycles. The maximum absolute atomic E-state index is 12.3. The van der Waals surface area contributed by atoms with Gasteiger partial charge in [-0.2, -0.15) is 0 Å². The lowest BCUT2D eigenvalue weighted by Crippen LogP contribution is -2.15. The molecule has 2 N–H and O–H groups in total. The number of hydrogen-bond acceptors (Lipinski definition) is 7. The van der Waals surface area contributed by atoms with Gasteiger partial charge in [0.2, 0.25) is 11.8 Å². The Bertz CT molecular complexity index is 1180. The van der Waals surface area contributed by atoms with Gasteiger partial charge in [-0.25, -0.2) is 9.97 Å². The third kappa shape index (κ3) is 5.88. The van der Waals surface area contributed by atoms with Crippen molar-refractivity contribution in [1.29, 1.82) is 0 Å². The Labute approximate surface area is 190 Å². The largest absolute Gasteiger partial charge is 0.439 e. The van der Waals surface area contributed by atoms with Gasteiger partial charge < -0.3 is 10.1 Å². The summed E-state index contributed by atoms with van der Waals surface area (Å²) in [5.41, 5.74) is 1.11. The Hall–Kier alpha value is -3.27. The molecule has 0 aliphatic heterocycles. The van der Waals surface area contributed by atoms with E-state index in [-0.39, 0.29) is 18.2 Å². The zero-order valence-electron chi connectivity index (χ0n) is 15.9. The minimum atomic E-state index is -0.241. The molecule has 0 aliphatic rings. The number of rotatable bonds is 7. The van der Waals surface area contributed by atoms with Crippen LogP contribution in [-0.2, 0) is 11.2 Å². The first-order chi connectivity index (χ1) is 15.0. The van der Waals surface area contributed by atoms with Crippen molar-refractivity contribution < 1.29 is 14.3 Å². The van der Waals surface area contributed by atoms with E-state index in [9.17, 15) is 9.59 Å². The van der Waals surface area contributed by atoms with Crippen molar-refractivity contribution in [3.05, 3.63) is 81.1 Å². The van der Waals surface area contributed by atoms with Gasteiger partial charge in [-0.15, -0.1) is 22.7 Å². The van der Waals surface area contributed by atoms with Gasteiger partial charge in [0.15, 0.2) is 5.13 Å². The average Bonchev–Trinajstić information content (AvgIpc) is 3.44. The van der Waals surface area contributed by atoms with E-state index in [0.717, 1.165) is 0 Å². The molecule has 1 aromatic carbocycles.